The van der Waals surface area contributed by atoms with Crippen molar-refractivity contribution in [1.82, 2.24) is 5.32 Å². The van der Waals surface area contributed by atoms with Crippen LogP contribution >= 0.6 is 0 Å². The van der Waals surface area contributed by atoms with Crippen molar-refractivity contribution in [2.24, 2.45) is 11.7 Å². The topological polar surface area (TPSA) is 75.3 Å². The Morgan fingerprint density at radius 1 is 1.75 bits per heavy atom. The summed E-state index contributed by atoms with van der Waals surface area (Å²) in [5.41, 5.74) is 5.90. The van der Waals surface area contributed by atoms with E-state index in [1.54, 1.807) is 13.1 Å². The number of likely N-dealkylation sites (N-methyl/N-ethyl adjacent to an activating group) is 1. The molecule has 0 aromatic carbocycles. The summed E-state index contributed by atoms with van der Waals surface area (Å²) in [6, 6.07) is -0.108. The Bertz CT molecular complexity index is 209. The molecule has 4 N–H and O–H groups in total. The molecule has 1 fully saturated rings. The van der Waals surface area contributed by atoms with Crippen molar-refractivity contribution in [3.05, 3.63) is 11.8 Å². The van der Waals surface area contributed by atoms with Crippen LogP contribution < -0.4 is 11.1 Å². The van der Waals surface area contributed by atoms with Crippen molar-refractivity contribution in [2.45, 2.75) is 18.9 Å². The first-order chi connectivity index (χ1) is 5.65. The molecule has 0 amide bonds. The van der Waals surface area contributed by atoms with Gasteiger partial charge in [-0.2, -0.15) is 0 Å². The van der Waals surface area contributed by atoms with Gasteiger partial charge in [0.15, 0.2) is 0 Å². The number of aliphatic carboxylic acids is 1. The largest absolute Gasteiger partial charge is 0.477 e. The van der Waals surface area contributed by atoms with Crippen LogP contribution in [0.5, 0.6) is 0 Å². The summed E-state index contributed by atoms with van der Waals surface area (Å²) in [5.74, 6) is -0.457. The average molecular weight is 170 g/mol. The van der Waals surface area contributed by atoms with Crippen LogP contribution in [0.25, 0.3) is 0 Å². The van der Waals surface area contributed by atoms with E-state index in [4.69, 9.17) is 10.8 Å². The van der Waals surface area contributed by atoms with Crippen LogP contribution in [0.2, 0.25) is 0 Å². The van der Waals surface area contributed by atoms with E-state index in [9.17, 15) is 4.79 Å². The van der Waals surface area contributed by atoms with Crippen LogP contribution in [0, 0.1) is 5.92 Å². The van der Waals surface area contributed by atoms with E-state index >= 15 is 0 Å². The van der Waals surface area contributed by atoms with Gasteiger partial charge in [-0.05, 0) is 24.8 Å². The third-order valence-electron chi connectivity index (χ3n) is 2.03. The van der Waals surface area contributed by atoms with Crippen molar-refractivity contribution < 1.29 is 9.90 Å². The molecule has 68 valence electrons. The summed E-state index contributed by atoms with van der Waals surface area (Å²) in [6.07, 6.45) is 3.82. The number of carboxylic acid groups (broad SMARTS) is 1. The van der Waals surface area contributed by atoms with Gasteiger partial charge in [0.05, 0.1) is 0 Å². The molecule has 0 aliphatic heterocycles. The first-order valence-electron chi connectivity index (χ1n) is 4.03. The highest BCUT2D eigenvalue weighted by molar-refractivity contribution is 5.85. The first kappa shape index (κ1) is 9.06. The van der Waals surface area contributed by atoms with Crippen molar-refractivity contribution in [1.29, 1.82) is 0 Å². The molecule has 0 aromatic heterocycles. The quantitative estimate of drug-likeness (QED) is 0.515. The fourth-order valence-corrected chi connectivity index (χ4v) is 1.07. The molecule has 0 saturated heterocycles. The van der Waals surface area contributed by atoms with Crippen LogP contribution in [0.3, 0.4) is 0 Å². The van der Waals surface area contributed by atoms with E-state index in [-0.39, 0.29) is 11.7 Å². The van der Waals surface area contributed by atoms with Crippen LogP contribution in [0.15, 0.2) is 11.8 Å². The van der Waals surface area contributed by atoms with Gasteiger partial charge in [-0.1, -0.05) is 0 Å². The predicted octanol–water partition coefficient (Wildman–Crippen LogP) is -0.0884. The zero-order valence-electron chi connectivity index (χ0n) is 7.08. The molecule has 1 aliphatic rings. The first-order valence-corrected chi connectivity index (χ1v) is 4.03. The molecule has 0 aromatic rings. The maximum Gasteiger partial charge on any atom is 0.351 e. The molecule has 0 heterocycles. The number of carboxylic acids is 1. The second kappa shape index (κ2) is 3.58. The minimum atomic E-state index is -0.950. The van der Waals surface area contributed by atoms with Crippen molar-refractivity contribution in [2.75, 3.05) is 7.05 Å². The van der Waals surface area contributed by atoms with E-state index in [0.29, 0.717) is 5.92 Å². The van der Waals surface area contributed by atoms with Crippen molar-refractivity contribution >= 4 is 5.97 Å². The molecule has 0 radical (unpaired) electrons. The van der Waals surface area contributed by atoms with Crippen LogP contribution in [0.1, 0.15) is 12.8 Å². The zero-order chi connectivity index (χ0) is 9.14. The van der Waals surface area contributed by atoms with Crippen LogP contribution in [-0.4, -0.2) is 24.2 Å². The van der Waals surface area contributed by atoms with Crippen molar-refractivity contribution in [3.63, 3.8) is 0 Å². The molecule has 1 atom stereocenters. The second-order valence-electron chi connectivity index (χ2n) is 3.05. The highest BCUT2D eigenvalue weighted by Gasteiger charge is 2.27. The summed E-state index contributed by atoms with van der Waals surface area (Å²) in [5, 5.41) is 11.2. The summed E-state index contributed by atoms with van der Waals surface area (Å²) in [4.78, 5) is 10.5. The van der Waals surface area contributed by atoms with E-state index in [1.807, 2.05) is 0 Å². The molecule has 12 heavy (non-hydrogen) atoms. The lowest BCUT2D eigenvalue weighted by atomic mass is 10.1. The molecule has 4 nitrogen and oxygen atoms in total. The molecular weight excluding hydrogens is 156 g/mol. The number of hydrogen-bond acceptors (Lipinski definition) is 3. The number of carbonyl (C=O) groups is 1. The molecule has 1 saturated carbocycles. The Morgan fingerprint density at radius 3 is 2.67 bits per heavy atom. The Morgan fingerprint density at radius 2 is 2.33 bits per heavy atom. The van der Waals surface area contributed by atoms with Gasteiger partial charge < -0.3 is 16.2 Å². The lowest BCUT2D eigenvalue weighted by molar-refractivity contribution is -0.133. The Balaban J connectivity index is 2.55. The maximum absolute atomic E-state index is 10.5. The summed E-state index contributed by atoms with van der Waals surface area (Å²) >= 11 is 0. The van der Waals surface area contributed by atoms with E-state index in [1.165, 1.54) is 0 Å². The fraction of sp³-hybridized carbons (Fsp3) is 0.625. The van der Waals surface area contributed by atoms with Gasteiger partial charge in [0.2, 0.25) is 0 Å². The second-order valence-corrected chi connectivity index (χ2v) is 3.05. The molecule has 1 aliphatic carbocycles. The van der Waals surface area contributed by atoms with Crippen molar-refractivity contribution in [3.8, 4) is 0 Å². The number of nitrogens with one attached hydrogen (secondary N) is 1. The van der Waals surface area contributed by atoms with Gasteiger partial charge >= 0.3 is 5.97 Å². The standard InChI is InChI=1S/C8H14N2O2/c1-10-7(8(11)12)4-6(9)5-2-3-5/h4-6,10H,2-3,9H2,1H3,(H,11,12)/b7-4-. The van der Waals surface area contributed by atoms with E-state index in [0.717, 1.165) is 12.8 Å². The third kappa shape index (κ3) is 2.23. The number of nitrogens with two attached hydrogens (primary N) is 1. The van der Waals surface area contributed by atoms with Gasteiger partial charge in [0, 0.05) is 13.1 Å². The average Bonchev–Trinajstić information content (AvgIpc) is 2.80. The highest BCUT2D eigenvalue weighted by Crippen LogP contribution is 2.32. The Labute approximate surface area is 71.4 Å². The number of hydrogen-bond donors (Lipinski definition) is 3. The van der Waals surface area contributed by atoms with E-state index < -0.39 is 5.97 Å². The normalized spacial score (nSPS) is 20.3. The maximum atomic E-state index is 10.5. The fourth-order valence-electron chi connectivity index (χ4n) is 1.07. The molecule has 0 bridgehead atoms. The molecule has 1 rings (SSSR count). The monoisotopic (exact) mass is 170 g/mol. The Hall–Kier alpha value is -1.03. The van der Waals surface area contributed by atoms with E-state index in [2.05, 4.69) is 5.32 Å². The highest BCUT2D eigenvalue weighted by atomic mass is 16.4. The smallest absolute Gasteiger partial charge is 0.351 e. The molecule has 4 heteroatoms. The zero-order valence-corrected chi connectivity index (χ0v) is 7.08. The van der Waals surface area contributed by atoms with Gasteiger partial charge in [-0.3, -0.25) is 0 Å². The number of rotatable bonds is 4. The minimum Gasteiger partial charge on any atom is -0.477 e. The summed E-state index contributed by atoms with van der Waals surface area (Å²) < 4.78 is 0. The lowest BCUT2D eigenvalue weighted by Gasteiger charge is -2.06. The SMILES string of the molecule is CN/C(=C\C(N)C1CC1)C(=O)O. The molecule has 1 unspecified atom stereocenters. The van der Waals surface area contributed by atoms with Gasteiger partial charge in [-0.15, -0.1) is 0 Å². The van der Waals surface area contributed by atoms with Gasteiger partial charge in [0.1, 0.15) is 5.70 Å². The minimum absolute atomic E-state index is 0.108. The predicted molar refractivity (Wildman–Crippen MR) is 45.5 cm³/mol. The van der Waals surface area contributed by atoms with Crippen LogP contribution in [-0.2, 0) is 4.79 Å². The molecule has 0 spiro atoms. The van der Waals surface area contributed by atoms with Gasteiger partial charge in [0.25, 0.3) is 0 Å². The lowest BCUT2D eigenvalue weighted by Crippen LogP contribution is -2.25. The molecular formula is C8H14N2O2. The third-order valence-corrected chi connectivity index (χ3v) is 2.03. The van der Waals surface area contributed by atoms with Gasteiger partial charge in [-0.25, -0.2) is 4.79 Å². The Kier molecular flexibility index (Phi) is 2.70. The summed E-state index contributed by atoms with van der Waals surface area (Å²) in [7, 11) is 1.58. The van der Waals surface area contributed by atoms with Crippen LogP contribution in [0.4, 0.5) is 0 Å². The summed E-state index contributed by atoms with van der Waals surface area (Å²) in [6.45, 7) is 0.